The highest BCUT2D eigenvalue weighted by Gasteiger charge is 1.95. The van der Waals surface area contributed by atoms with E-state index < -0.39 is 0 Å². The van der Waals surface area contributed by atoms with E-state index in [1.165, 1.54) is 11.3 Å². The van der Waals surface area contributed by atoms with Crippen molar-refractivity contribution in [2.75, 3.05) is 26.3 Å². The van der Waals surface area contributed by atoms with Gasteiger partial charge in [-0.15, -0.1) is 11.3 Å². The molecule has 0 aliphatic carbocycles. The Balaban J connectivity index is 1.79. The maximum absolute atomic E-state index is 5.61. The van der Waals surface area contributed by atoms with Crippen molar-refractivity contribution in [3.05, 3.63) is 22.4 Å². The molecule has 0 amide bonds. The molecule has 0 atom stereocenters. The van der Waals surface area contributed by atoms with Gasteiger partial charge in [0.2, 0.25) is 0 Å². The van der Waals surface area contributed by atoms with Crippen LogP contribution in [0.4, 0.5) is 0 Å². The smallest absolute Gasteiger partial charge is 0.0514 e. The molecule has 0 aliphatic rings. The van der Waals surface area contributed by atoms with Gasteiger partial charge in [0, 0.05) is 17.9 Å². The van der Waals surface area contributed by atoms with Gasteiger partial charge in [0.05, 0.1) is 6.61 Å². The van der Waals surface area contributed by atoms with Gasteiger partial charge in [-0.05, 0) is 43.3 Å². The summed E-state index contributed by atoms with van der Waals surface area (Å²) < 4.78 is 5.61. The Morgan fingerprint density at radius 2 is 2.18 bits per heavy atom. The van der Waals surface area contributed by atoms with Gasteiger partial charge in [0.1, 0.15) is 0 Å². The van der Waals surface area contributed by atoms with Crippen LogP contribution in [-0.2, 0) is 11.2 Å². The highest BCUT2D eigenvalue weighted by Crippen LogP contribution is 2.08. The van der Waals surface area contributed by atoms with Crippen LogP contribution < -0.4 is 5.32 Å². The van der Waals surface area contributed by atoms with Crippen LogP contribution in [0.3, 0.4) is 0 Å². The topological polar surface area (TPSA) is 21.3 Å². The minimum absolute atomic E-state index is 0.747. The zero-order chi connectivity index (χ0) is 12.3. The van der Waals surface area contributed by atoms with Crippen LogP contribution in [0.2, 0.25) is 0 Å². The molecule has 0 aromatic carbocycles. The molecule has 1 aromatic heterocycles. The van der Waals surface area contributed by atoms with Crippen LogP contribution in [0, 0.1) is 5.92 Å². The summed E-state index contributed by atoms with van der Waals surface area (Å²) in [6.07, 6.45) is 3.44. The molecule has 0 aliphatic heterocycles. The van der Waals surface area contributed by atoms with Crippen LogP contribution in [0.15, 0.2) is 17.5 Å². The Kier molecular flexibility index (Phi) is 8.32. The first-order valence-electron chi connectivity index (χ1n) is 6.60. The summed E-state index contributed by atoms with van der Waals surface area (Å²) in [4.78, 5) is 1.42. The lowest BCUT2D eigenvalue weighted by Gasteiger charge is -2.07. The lowest BCUT2D eigenvalue weighted by atomic mass is 10.2. The van der Waals surface area contributed by atoms with Crippen LogP contribution >= 0.6 is 11.3 Å². The van der Waals surface area contributed by atoms with E-state index in [9.17, 15) is 0 Å². The average Bonchev–Trinajstić information content (AvgIpc) is 2.79. The molecule has 0 saturated carbocycles. The van der Waals surface area contributed by atoms with Crippen molar-refractivity contribution in [1.82, 2.24) is 5.32 Å². The molecule has 17 heavy (non-hydrogen) atoms. The summed E-state index contributed by atoms with van der Waals surface area (Å²) in [5.74, 6) is 0.747. The minimum Gasteiger partial charge on any atom is -0.381 e. The van der Waals surface area contributed by atoms with E-state index in [1.807, 2.05) is 11.3 Å². The SMILES string of the molecule is CC(C)CNCCCCOCCc1cccs1. The number of thiophene rings is 1. The van der Waals surface area contributed by atoms with Gasteiger partial charge in [-0.25, -0.2) is 0 Å². The predicted octanol–water partition coefficient (Wildman–Crippen LogP) is 3.33. The number of nitrogens with one attached hydrogen (secondary N) is 1. The number of ether oxygens (including phenoxy) is 1. The fraction of sp³-hybridized carbons (Fsp3) is 0.714. The van der Waals surface area contributed by atoms with E-state index in [0.29, 0.717) is 0 Å². The van der Waals surface area contributed by atoms with Crippen molar-refractivity contribution >= 4 is 11.3 Å². The van der Waals surface area contributed by atoms with Crippen molar-refractivity contribution in [3.63, 3.8) is 0 Å². The highest BCUT2D eigenvalue weighted by molar-refractivity contribution is 7.09. The molecule has 1 N–H and O–H groups in total. The summed E-state index contributed by atoms with van der Waals surface area (Å²) >= 11 is 1.81. The Bertz CT molecular complexity index is 259. The van der Waals surface area contributed by atoms with E-state index in [2.05, 4.69) is 36.7 Å². The second kappa shape index (κ2) is 9.63. The Hall–Kier alpha value is -0.380. The summed E-state index contributed by atoms with van der Waals surface area (Å²) in [6, 6.07) is 4.27. The normalized spacial score (nSPS) is 11.2. The third kappa shape index (κ3) is 8.36. The lowest BCUT2D eigenvalue weighted by Crippen LogP contribution is -2.20. The summed E-state index contributed by atoms with van der Waals surface area (Å²) in [5.41, 5.74) is 0. The molecule has 0 unspecified atom stereocenters. The van der Waals surface area contributed by atoms with Crippen molar-refractivity contribution in [1.29, 1.82) is 0 Å². The van der Waals surface area contributed by atoms with Crippen LogP contribution in [0.25, 0.3) is 0 Å². The average molecular weight is 255 g/mol. The first kappa shape index (κ1) is 14.7. The van der Waals surface area contributed by atoms with Crippen molar-refractivity contribution in [2.45, 2.75) is 33.1 Å². The molecule has 0 bridgehead atoms. The van der Waals surface area contributed by atoms with Gasteiger partial charge in [0.25, 0.3) is 0 Å². The highest BCUT2D eigenvalue weighted by atomic mass is 32.1. The maximum atomic E-state index is 5.61. The fourth-order valence-corrected chi connectivity index (χ4v) is 2.26. The standard InChI is InChI=1S/C14H25NOS/c1-13(2)12-15-8-3-4-9-16-10-7-14-6-5-11-17-14/h5-6,11,13,15H,3-4,7-10,12H2,1-2H3. The molecule has 98 valence electrons. The third-order valence-corrected chi connectivity index (χ3v) is 3.45. The molecule has 2 nitrogen and oxygen atoms in total. The van der Waals surface area contributed by atoms with E-state index in [-0.39, 0.29) is 0 Å². The molecular formula is C14H25NOS. The molecule has 0 spiro atoms. The van der Waals surface area contributed by atoms with Crippen molar-refractivity contribution in [2.24, 2.45) is 5.92 Å². The molecule has 1 aromatic rings. The summed E-state index contributed by atoms with van der Waals surface area (Å²) in [5, 5.41) is 5.56. The maximum Gasteiger partial charge on any atom is 0.0514 e. The van der Waals surface area contributed by atoms with E-state index in [1.54, 1.807) is 0 Å². The first-order valence-corrected chi connectivity index (χ1v) is 7.48. The van der Waals surface area contributed by atoms with Gasteiger partial charge in [-0.2, -0.15) is 0 Å². The second-order valence-electron chi connectivity index (χ2n) is 4.75. The second-order valence-corrected chi connectivity index (χ2v) is 5.78. The summed E-state index contributed by atoms with van der Waals surface area (Å²) in [7, 11) is 0. The van der Waals surface area contributed by atoms with Gasteiger partial charge in [-0.3, -0.25) is 0 Å². The number of hydrogen-bond donors (Lipinski definition) is 1. The minimum atomic E-state index is 0.747. The van der Waals surface area contributed by atoms with E-state index in [4.69, 9.17) is 4.74 Å². The number of hydrogen-bond acceptors (Lipinski definition) is 3. The quantitative estimate of drug-likeness (QED) is 0.648. The summed E-state index contributed by atoms with van der Waals surface area (Å²) in [6.45, 7) is 8.47. The lowest BCUT2D eigenvalue weighted by molar-refractivity contribution is 0.133. The van der Waals surface area contributed by atoms with Gasteiger partial charge in [0.15, 0.2) is 0 Å². The van der Waals surface area contributed by atoms with Crippen LogP contribution in [0.1, 0.15) is 31.6 Å². The Morgan fingerprint density at radius 1 is 1.29 bits per heavy atom. The zero-order valence-electron chi connectivity index (χ0n) is 11.1. The molecule has 0 saturated heterocycles. The van der Waals surface area contributed by atoms with Gasteiger partial charge in [-0.1, -0.05) is 19.9 Å². The van der Waals surface area contributed by atoms with Gasteiger partial charge < -0.3 is 10.1 Å². The number of unbranched alkanes of at least 4 members (excludes halogenated alkanes) is 1. The van der Waals surface area contributed by atoms with Crippen LogP contribution in [0.5, 0.6) is 0 Å². The Labute approximate surface area is 109 Å². The zero-order valence-corrected chi connectivity index (χ0v) is 11.9. The van der Waals surface area contributed by atoms with Crippen LogP contribution in [-0.4, -0.2) is 26.3 Å². The monoisotopic (exact) mass is 255 g/mol. The molecule has 0 radical (unpaired) electrons. The third-order valence-electron chi connectivity index (χ3n) is 2.52. The molecule has 1 rings (SSSR count). The van der Waals surface area contributed by atoms with E-state index >= 15 is 0 Å². The van der Waals surface area contributed by atoms with Crippen molar-refractivity contribution in [3.8, 4) is 0 Å². The van der Waals surface area contributed by atoms with Gasteiger partial charge >= 0.3 is 0 Å². The first-order chi connectivity index (χ1) is 8.29. The fourth-order valence-electron chi connectivity index (χ4n) is 1.57. The van der Waals surface area contributed by atoms with Crippen molar-refractivity contribution < 1.29 is 4.74 Å². The molecule has 3 heteroatoms. The number of rotatable bonds is 10. The Morgan fingerprint density at radius 3 is 2.88 bits per heavy atom. The predicted molar refractivity (Wildman–Crippen MR) is 75.8 cm³/mol. The molecule has 0 fully saturated rings. The molecular weight excluding hydrogens is 230 g/mol. The van der Waals surface area contributed by atoms with E-state index in [0.717, 1.165) is 45.1 Å². The molecule has 1 heterocycles. The largest absolute Gasteiger partial charge is 0.381 e.